The van der Waals surface area contributed by atoms with Crippen LogP contribution in [-0.4, -0.2) is 35.1 Å². The normalized spacial score (nSPS) is 13.2. The summed E-state index contributed by atoms with van der Waals surface area (Å²) in [7, 11) is 0.908. The molecule has 0 unspecified atom stereocenters. The van der Waals surface area contributed by atoms with Gasteiger partial charge < -0.3 is 23.4 Å². The van der Waals surface area contributed by atoms with E-state index in [1.807, 2.05) is 74.5 Å². The van der Waals surface area contributed by atoms with E-state index in [1.165, 1.54) is 0 Å². The molecule has 3 rings (SSSR count). The van der Waals surface area contributed by atoms with Gasteiger partial charge in [0.1, 0.15) is 18.1 Å². The molecule has 0 aliphatic heterocycles. The van der Waals surface area contributed by atoms with E-state index in [-0.39, 0.29) is 17.6 Å². The van der Waals surface area contributed by atoms with Crippen LogP contribution >= 0.6 is 0 Å². The number of hydrogen-bond acceptors (Lipinski definition) is 6. The van der Waals surface area contributed by atoms with E-state index in [9.17, 15) is 4.79 Å². The highest BCUT2D eigenvalue weighted by atomic mass is 28.4. The molecule has 0 saturated heterocycles. The van der Waals surface area contributed by atoms with Crippen molar-refractivity contribution in [3.05, 3.63) is 101 Å². The van der Waals surface area contributed by atoms with Gasteiger partial charge in [-0.05, 0) is 55.1 Å². The lowest BCUT2D eigenvalue weighted by Gasteiger charge is -2.41. The van der Waals surface area contributed by atoms with Crippen LogP contribution in [-0.2, 0) is 38.3 Å². The summed E-state index contributed by atoms with van der Waals surface area (Å²) >= 11 is 0. The quantitative estimate of drug-likeness (QED) is 0.0963. The van der Waals surface area contributed by atoms with E-state index in [1.54, 1.807) is 20.3 Å². The van der Waals surface area contributed by atoms with Crippen LogP contribution in [0.15, 0.2) is 67.2 Å². The molecule has 3 aromatic carbocycles. The first-order valence-corrected chi connectivity index (χ1v) is 18.2. The summed E-state index contributed by atoms with van der Waals surface area (Å²) in [6, 6.07) is 19.8. The lowest BCUT2D eigenvalue weighted by molar-refractivity contribution is -0.153. The third kappa shape index (κ3) is 8.40. The first-order chi connectivity index (χ1) is 20.9. The number of benzene rings is 3. The van der Waals surface area contributed by atoms with Crippen molar-refractivity contribution >= 4 is 20.4 Å². The minimum atomic E-state index is -2.41. The van der Waals surface area contributed by atoms with Crippen LogP contribution in [0.5, 0.6) is 11.5 Å². The van der Waals surface area contributed by atoms with Gasteiger partial charge in [0, 0.05) is 16.7 Å². The first-order valence-electron chi connectivity index (χ1n) is 15.3. The van der Waals surface area contributed by atoms with Gasteiger partial charge in [-0.25, -0.2) is 0 Å². The third-order valence-corrected chi connectivity index (χ3v) is 13.1. The molecule has 0 heterocycles. The predicted molar refractivity (Wildman–Crippen MR) is 181 cm³/mol. The monoisotopic (exact) mass is 618 g/mol. The van der Waals surface area contributed by atoms with Crippen molar-refractivity contribution in [2.24, 2.45) is 5.92 Å². The molecule has 0 aliphatic rings. The molecular formula is C37H50O6Si. The SMILES string of the molecule is C=Cc1c(OC)c(C)c(CCOCc2ccccc2)c(OC)c1[C@@H](O[Si](C)(C)C(C)(C)C)[C@H](C)C(=O)OCc1ccccc1. The summed E-state index contributed by atoms with van der Waals surface area (Å²) in [4.78, 5) is 13.7. The molecule has 0 saturated carbocycles. The zero-order valence-corrected chi connectivity index (χ0v) is 29.0. The van der Waals surface area contributed by atoms with Crippen molar-refractivity contribution in [2.45, 2.75) is 78.5 Å². The van der Waals surface area contributed by atoms with Gasteiger partial charge in [0.25, 0.3) is 0 Å². The van der Waals surface area contributed by atoms with E-state index in [0.29, 0.717) is 31.1 Å². The minimum absolute atomic E-state index is 0.108. The Balaban J connectivity index is 2.09. The third-order valence-electron chi connectivity index (χ3n) is 8.63. The number of ether oxygens (including phenoxy) is 4. The second kappa shape index (κ2) is 15.6. The molecular weight excluding hydrogens is 568 g/mol. The molecule has 0 spiro atoms. The van der Waals surface area contributed by atoms with Crippen LogP contribution in [0.3, 0.4) is 0 Å². The Morgan fingerprint density at radius 3 is 1.95 bits per heavy atom. The highest BCUT2D eigenvalue weighted by Gasteiger charge is 2.44. The fourth-order valence-corrected chi connectivity index (χ4v) is 6.34. The average Bonchev–Trinajstić information content (AvgIpc) is 3.01. The highest BCUT2D eigenvalue weighted by molar-refractivity contribution is 6.74. The molecule has 7 heteroatoms. The van der Waals surface area contributed by atoms with E-state index < -0.39 is 20.3 Å². The summed E-state index contributed by atoms with van der Waals surface area (Å²) < 4.78 is 31.2. The lowest BCUT2D eigenvalue weighted by atomic mass is 9.87. The molecule has 0 bridgehead atoms. The maximum Gasteiger partial charge on any atom is 0.311 e. The molecule has 2 atom stereocenters. The van der Waals surface area contributed by atoms with Gasteiger partial charge in [-0.15, -0.1) is 0 Å². The van der Waals surface area contributed by atoms with Crippen LogP contribution in [0, 0.1) is 12.8 Å². The predicted octanol–water partition coefficient (Wildman–Crippen LogP) is 8.86. The molecule has 44 heavy (non-hydrogen) atoms. The Bertz CT molecular complexity index is 1380. The van der Waals surface area contributed by atoms with Crippen LogP contribution in [0.2, 0.25) is 18.1 Å². The maximum atomic E-state index is 13.7. The second-order valence-electron chi connectivity index (χ2n) is 12.7. The van der Waals surface area contributed by atoms with Gasteiger partial charge in [0.05, 0.1) is 39.5 Å². The number of methoxy groups -OCH3 is 2. The van der Waals surface area contributed by atoms with Crippen molar-refractivity contribution in [1.82, 2.24) is 0 Å². The molecule has 6 nitrogen and oxygen atoms in total. The molecule has 0 fully saturated rings. The number of hydrogen-bond donors (Lipinski definition) is 0. The Labute approximate surface area is 265 Å². The van der Waals surface area contributed by atoms with Crippen molar-refractivity contribution in [2.75, 3.05) is 20.8 Å². The maximum absolute atomic E-state index is 13.7. The topological polar surface area (TPSA) is 63.2 Å². The molecule has 0 amide bonds. The van der Waals surface area contributed by atoms with Crippen LogP contribution in [0.4, 0.5) is 0 Å². The second-order valence-corrected chi connectivity index (χ2v) is 17.4. The fourth-order valence-electron chi connectivity index (χ4n) is 5.03. The summed E-state index contributed by atoms with van der Waals surface area (Å²) in [6.45, 7) is 20.1. The van der Waals surface area contributed by atoms with E-state index in [4.69, 9.17) is 23.4 Å². The average molecular weight is 619 g/mol. The summed E-state index contributed by atoms with van der Waals surface area (Å²) in [5, 5.41) is -0.108. The van der Waals surface area contributed by atoms with Crippen molar-refractivity contribution in [1.29, 1.82) is 0 Å². The zero-order chi connectivity index (χ0) is 32.5. The smallest absolute Gasteiger partial charge is 0.311 e. The number of carbonyl (C=O) groups excluding carboxylic acids is 1. The standard InChI is InChI=1S/C37H50O6Si/c1-11-30-32(35(40-8)31(26(2)33(30)39-7)22-23-41-24-28-18-14-12-15-19-28)34(43-44(9,10)37(4,5)6)27(3)36(38)42-25-29-20-16-13-17-21-29/h11-21,27,34H,1,22-25H2,2-10H3/t27-,34-/m0/s1. The van der Waals surface area contributed by atoms with Crippen molar-refractivity contribution in [3.8, 4) is 11.5 Å². The van der Waals surface area contributed by atoms with Crippen LogP contribution < -0.4 is 9.47 Å². The molecule has 3 aromatic rings. The number of carbonyl (C=O) groups is 1. The fraction of sp³-hybridized carbons (Fsp3) is 0.432. The summed E-state index contributed by atoms with van der Waals surface area (Å²) in [5.74, 6) is 0.354. The number of rotatable bonds is 15. The van der Waals surface area contributed by atoms with Gasteiger partial charge in [-0.2, -0.15) is 0 Å². The highest BCUT2D eigenvalue weighted by Crippen LogP contribution is 2.49. The molecule has 0 radical (unpaired) electrons. The molecule has 0 aromatic heterocycles. The summed E-state index contributed by atoms with van der Waals surface area (Å²) in [5.41, 5.74) is 5.43. The lowest BCUT2D eigenvalue weighted by Crippen LogP contribution is -2.44. The molecule has 238 valence electrons. The first kappa shape index (κ1) is 35.1. The molecule has 0 aliphatic carbocycles. The largest absolute Gasteiger partial charge is 0.496 e. The zero-order valence-electron chi connectivity index (χ0n) is 28.0. The Morgan fingerprint density at radius 1 is 0.909 bits per heavy atom. The van der Waals surface area contributed by atoms with Gasteiger partial charge in [-0.3, -0.25) is 4.79 Å². The Hall–Kier alpha value is -3.39. The van der Waals surface area contributed by atoms with E-state index >= 15 is 0 Å². The minimum Gasteiger partial charge on any atom is -0.496 e. The van der Waals surface area contributed by atoms with E-state index in [0.717, 1.165) is 33.4 Å². The van der Waals surface area contributed by atoms with Crippen LogP contribution in [0.25, 0.3) is 6.08 Å². The van der Waals surface area contributed by atoms with Gasteiger partial charge in [0.2, 0.25) is 0 Å². The number of esters is 1. The van der Waals surface area contributed by atoms with E-state index in [2.05, 4.69) is 40.4 Å². The Kier molecular flexibility index (Phi) is 12.4. The Morgan fingerprint density at radius 2 is 1.45 bits per heavy atom. The van der Waals surface area contributed by atoms with Gasteiger partial charge in [0.15, 0.2) is 8.32 Å². The van der Waals surface area contributed by atoms with Crippen molar-refractivity contribution in [3.63, 3.8) is 0 Å². The van der Waals surface area contributed by atoms with Gasteiger partial charge >= 0.3 is 5.97 Å². The van der Waals surface area contributed by atoms with Gasteiger partial charge in [-0.1, -0.05) is 94.1 Å². The van der Waals surface area contributed by atoms with Crippen molar-refractivity contribution < 1.29 is 28.2 Å². The summed E-state index contributed by atoms with van der Waals surface area (Å²) in [6.07, 6.45) is 1.69. The van der Waals surface area contributed by atoms with Crippen LogP contribution in [0.1, 0.15) is 67.2 Å². The molecule has 0 N–H and O–H groups in total.